The van der Waals surface area contributed by atoms with E-state index in [4.69, 9.17) is 0 Å². The predicted octanol–water partition coefficient (Wildman–Crippen LogP) is 1.74. The van der Waals surface area contributed by atoms with Gasteiger partial charge in [0.05, 0.1) is 0 Å². The second-order valence-corrected chi connectivity index (χ2v) is 3.38. The number of phenolic OH excluding ortho intramolecular Hbond substituents is 1. The van der Waals surface area contributed by atoms with Crippen molar-refractivity contribution in [1.29, 1.82) is 0 Å². The summed E-state index contributed by atoms with van der Waals surface area (Å²) < 4.78 is 13.3. The van der Waals surface area contributed by atoms with Crippen molar-refractivity contribution in [3.63, 3.8) is 0 Å². The van der Waals surface area contributed by atoms with Gasteiger partial charge >= 0.3 is 0 Å². The molecule has 1 aromatic carbocycles. The average molecular weight is 181 g/mol. The van der Waals surface area contributed by atoms with Gasteiger partial charge in [-0.25, -0.2) is 4.39 Å². The Labute approximate surface area is 76.4 Å². The van der Waals surface area contributed by atoms with Crippen LogP contribution in [-0.4, -0.2) is 11.7 Å². The van der Waals surface area contributed by atoms with Crippen molar-refractivity contribution in [2.24, 2.45) is 0 Å². The quantitative estimate of drug-likeness (QED) is 0.639. The summed E-state index contributed by atoms with van der Waals surface area (Å²) in [5.41, 5.74) is 1.37. The molecule has 0 aliphatic carbocycles. The topological polar surface area (TPSA) is 32.3 Å². The van der Waals surface area contributed by atoms with Gasteiger partial charge in [-0.3, -0.25) is 0 Å². The summed E-state index contributed by atoms with van der Waals surface area (Å²) in [6, 6.07) is 2.78. The Hall–Kier alpha value is -1.09. The molecule has 1 aromatic rings. The first-order valence-electron chi connectivity index (χ1n) is 4.44. The molecule has 1 atom stereocenters. The minimum Gasteiger partial charge on any atom is -0.508 e. The normalized spacial score (nSPS) is 21.2. The van der Waals surface area contributed by atoms with Crippen molar-refractivity contribution in [3.8, 4) is 5.75 Å². The maximum Gasteiger partial charge on any atom is 0.127 e. The third-order valence-corrected chi connectivity index (χ3v) is 2.54. The molecule has 1 aliphatic heterocycles. The van der Waals surface area contributed by atoms with Crippen LogP contribution in [0.4, 0.5) is 4.39 Å². The highest BCUT2D eigenvalue weighted by Crippen LogP contribution is 2.32. The molecule has 0 bridgehead atoms. The number of nitrogens with one attached hydrogen (secondary N) is 1. The first kappa shape index (κ1) is 8.51. The molecule has 1 heterocycles. The predicted molar refractivity (Wildman–Crippen MR) is 48.2 cm³/mol. The van der Waals surface area contributed by atoms with Gasteiger partial charge in [-0.15, -0.1) is 0 Å². The van der Waals surface area contributed by atoms with E-state index >= 15 is 0 Å². The lowest BCUT2D eigenvalue weighted by Crippen LogP contribution is -2.28. The molecular formula is C10H12FNO. The number of phenols is 1. The first-order valence-corrected chi connectivity index (χ1v) is 4.44. The van der Waals surface area contributed by atoms with E-state index in [-0.39, 0.29) is 17.6 Å². The zero-order valence-corrected chi connectivity index (χ0v) is 7.47. The number of hydrogen-bond acceptors (Lipinski definition) is 2. The fraction of sp³-hybridized carbons (Fsp3) is 0.400. The molecule has 2 rings (SSSR count). The Balaban J connectivity index is 2.60. The van der Waals surface area contributed by atoms with Crippen LogP contribution in [0.3, 0.4) is 0 Å². The molecule has 0 aromatic heterocycles. The van der Waals surface area contributed by atoms with Gasteiger partial charge in [0.25, 0.3) is 0 Å². The monoisotopic (exact) mass is 181 g/mol. The summed E-state index contributed by atoms with van der Waals surface area (Å²) in [6.07, 6.45) is 0.653. The molecule has 3 heteroatoms. The molecule has 0 radical (unpaired) electrons. The first-order chi connectivity index (χ1) is 6.20. The Morgan fingerprint density at radius 1 is 1.54 bits per heavy atom. The van der Waals surface area contributed by atoms with Gasteiger partial charge in [0.15, 0.2) is 0 Å². The van der Waals surface area contributed by atoms with Crippen molar-refractivity contribution in [2.45, 2.75) is 19.4 Å². The van der Waals surface area contributed by atoms with Gasteiger partial charge < -0.3 is 10.4 Å². The van der Waals surface area contributed by atoms with Crippen LogP contribution >= 0.6 is 0 Å². The van der Waals surface area contributed by atoms with E-state index in [2.05, 4.69) is 5.32 Å². The van der Waals surface area contributed by atoms with Crippen LogP contribution < -0.4 is 5.32 Å². The number of rotatable bonds is 0. The van der Waals surface area contributed by atoms with E-state index < -0.39 is 0 Å². The molecule has 0 spiro atoms. The highest BCUT2D eigenvalue weighted by Gasteiger charge is 2.21. The summed E-state index contributed by atoms with van der Waals surface area (Å²) in [7, 11) is 0. The summed E-state index contributed by atoms with van der Waals surface area (Å²) >= 11 is 0. The number of hydrogen-bond donors (Lipinski definition) is 2. The molecule has 0 saturated carbocycles. The molecule has 2 N–H and O–H groups in total. The maximum absolute atomic E-state index is 13.3. The molecule has 2 nitrogen and oxygen atoms in total. The second-order valence-electron chi connectivity index (χ2n) is 3.38. The largest absolute Gasteiger partial charge is 0.508 e. The highest BCUT2D eigenvalue weighted by atomic mass is 19.1. The van der Waals surface area contributed by atoms with Gasteiger partial charge in [0.1, 0.15) is 11.6 Å². The van der Waals surface area contributed by atoms with Gasteiger partial charge in [-0.05, 0) is 37.6 Å². The van der Waals surface area contributed by atoms with Crippen molar-refractivity contribution in [2.75, 3.05) is 6.54 Å². The van der Waals surface area contributed by atoms with Crippen molar-refractivity contribution < 1.29 is 9.50 Å². The van der Waals surface area contributed by atoms with Crippen LogP contribution in [-0.2, 0) is 6.42 Å². The lowest BCUT2D eigenvalue weighted by Gasteiger charge is -2.24. The number of aromatic hydroxyl groups is 1. The minimum atomic E-state index is -0.207. The van der Waals surface area contributed by atoms with E-state index in [0.717, 1.165) is 6.54 Å². The number of halogens is 1. The molecule has 1 unspecified atom stereocenters. The SMILES string of the molecule is CC1NCCc2c(F)ccc(O)c21. The number of benzene rings is 1. The van der Waals surface area contributed by atoms with Crippen LogP contribution in [0.5, 0.6) is 5.75 Å². The Morgan fingerprint density at radius 3 is 3.00 bits per heavy atom. The Bertz CT molecular complexity index is 338. The van der Waals surface area contributed by atoms with E-state index in [1.54, 1.807) is 0 Å². The van der Waals surface area contributed by atoms with Crippen LogP contribution in [0.2, 0.25) is 0 Å². The molecule has 0 amide bonds. The molecule has 0 fully saturated rings. The third-order valence-electron chi connectivity index (χ3n) is 2.54. The average Bonchev–Trinajstić information content (AvgIpc) is 2.12. The second kappa shape index (κ2) is 3.00. The van der Waals surface area contributed by atoms with Crippen LogP contribution in [0.1, 0.15) is 24.1 Å². The van der Waals surface area contributed by atoms with E-state index in [1.807, 2.05) is 6.92 Å². The zero-order chi connectivity index (χ0) is 9.42. The van der Waals surface area contributed by atoms with Crippen LogP contribution in [0.25, 0.3) is 0 Å². The van der Waals surface area contributed by atoms with Gasteiger partial charge in [0.2, 0.25) is 0 Å². The smallest absolute Gasteiger partial charge is 0.127 e. The lowest BCUT2D eigenvalue weighted by molar-refractivity contribution is 0.434. The lowest BCUT2D eigenvalue weighted by atomic mass is 9.94. The molecule has 13 heavy (non-hydrogen) atoms. The van der Waals surface area contributed by atoms with E-state index in [1.165, 1.54) is 12.1 Å². The Kier molecular flexibility index (Phi) is 1.96. The highest BCUT2D eigenvalue weighted by molar-refractivity contribution is 5.43. The van der Waals surface area contributed by atoms with E-state index in [9.17, 15) is 9.50 Å². The van der Waals surface area contributed by atoms with E-state index in [0.29, 0.717) is 17.5 Å². The molecular weight excluding hydrogens is 169 g/mol. The fourth-order valence-electron chi connectivity index (χ4n) is 1.88. The third kappa shape index (κ3) is 1.29. The summed E-state index contributed by atoms with van der Waals surface area (Å²) in [5, 5.41) is 12.7. The number of fused-ring (bicyclic) bond motifs is 1. The molecule has 70 valence electrons. The molecule has 1 aliphatic rings. The fourth-order valence-corrected chi connectivity index (χ4v) is 1.88. The Morgan fingerprint density at radius 2 is 2.31 bits per heavy atom. The van der Waals surface area contributed by atoms with Crippen molar-refractivity contribution >= 4 is 0 Å². The van der Waals surface area contributed by atoms with Crippen LogP contribution in [0, 0.1) is 5.82 Å². The maximum atomic E-state index is 13.3. The summed E-state index contributed by atoms with van der Waals surface area (Å²) in [4.78, 5) is 0. The summed E-state index contributed by atoms with van der Waals surface area (Å²) in [5.74, 6) is -0.0164. The summed E-state index contributed by atoms with van der Waals surface area (Å²) in [6.45, 7) is 2.70. The minimum absolute atomic E-state index is 0.0412. The van der Waals surface area contributed by atoms with Crippen LogP contribution in [0.15, 0.2) is 12.1 Å². The standard InChI is InChI=1S/C10H12FNO/c1-6-10-7(4-5-12-6)8(11)2-3-9(10)13/h2-3,6,12-13H,4-5H2,1H3. The van der Waals surface area contributed by atoms with Gasteiger partial charge in [-0.2, -0.15) is 0 Å². The zero-order valence-electron chi connectivity index (χ0n) is 7.47. The van der Waals surface area contributed by atoms with Crippen molar-refractivity contribution in [3.05, 3.63) is 29.1 Å². The van der Waals surface area contributed by atoms with Gasteiger partial charge in [-0.1, -0.05) is 0 Å². The van der Waals surface area contributed by atoms with Crippen molar-refractivity contribution in [1.82, 2.24) is 5.32 Å². The molecule has 0 saturated heterocycles. The van der Waals surface area contributed by atoms with Gasteiger partial charge in [0, 0.05) is 11.6 Å².